The lowest BCUT2D eigenvalue weighted by molar-refractivity contribution is -0.349. The molecule has 4 rings (SSSR count). The summed E-state index contributed by atoms with van der Waals surface area (Å²) in [5.41, 5.74) is -2.54. The Hall–Kier alpha value is -0.660. The van der Waals surface area contributed by atoms with Gasteiger partial charge in [-0.25, -0.2) is 0 Å². The topological polar surface area (TPSA) is 185 Å². The molecule has 0 bridgehead atoms. The molecule has 9 atom stereocenters. The van der Waals surface area contributed by atoms with Crippen molar-refractivity contribution in [2.24, 2.45) is 46.3 Å². The molecule has 4 aliphatic carbocycles. The van der Waals surface area contributed by atoms with Crippen LogP contribution in [0.3, 0.4) is 0 Å². The molecule has 0 aliphatic heterocycles. The summed E-state index contributed by atoms with van der Waals surface area (Å²) in [5.74, 6) is -1.54. The van der Waals surface area contributed by atoms with Crippen LogP contribution in [0.2, 0.25) is 0 Å². The third-order valence-corrected chi connectivity index (χ3v) is 12.8. The second-order valence-electron chi connectivity index (χ2n) is 14.1. The smallest absolute Gasteiger partial charge is 0.266 e. The Kier molecular flexibility index (Phi) is 9.23. The van der Waals surface area contributed by atoms with E-state index in [4.69, 9.17) is 4.55 Å². The molecule has 4 fully saturated rings. The molecule has 11 heteroatoms. The minimum absolute atomic E-state index is 0.0416. The maximum atomic E-state index is 13.6. The number of aliphatic hydroxyl groups excluding tert-OH is 1. The molecule has 0 amide bonds. The van der Waals surface area contributed by atoms with Gasteiger partial charge in [0.2, 0.25) is 0 Å². The van der Waals surface area contributed by atoms with Gasteiger partial charge >= 0.3 is 0 Å². The number of hydrogen-bond donors (Lipinski definition) is 7. The van der Waals surface area contributed by atoms with Crippen molar-refractivity contribution in [1.29, 1.82) is 0 Å². The molecule has 7 N–H and O–H groups in total. The van der Waals surface area contributed by atoms with Crippen LogP contribution in [-0.4, -0.2) is 74.4 Å². The normalized spacial score (nSPS) is 38.9. The molecule has 0 aromatic rings. The van der Waals surface area contributed by atoms with Crippen molar-refractivity contribution in [1.82, 2.24) is 5.32 Å². The molecular weight excluding hydrogens is 538 g/mol. The van der Waals surface area contributed by atoms with E-state index in [9.17, 15) is 38.7 Å². The molecule has 232 valence electrons. The number of carbonyl (C=O) groups is 1. The van der Waals surface area contributed by atoms with Crippen molar-refractivity contribution in [3.63, 3.8) is 0 Å². The Labute approximate surface area is 238 Å². The molecule has 0 heterocycles. The number of carbonyl (C=O) groups excluding carboxylic acids is 1. The van der Waals surface area contributed by atoms with Gasteiger partial charge < -0.3 is 25.5 Å². The third-order valence-electron chi connectivity index (χ3n) is 12.0. The summed E-state index contributed by atoms with van der Waals surface area (Å²) in [6.07, 6.45) is 8.23. The summed E-state index contributed by atoms with van der Waals surface area (Å²) < 4.78 is 30.8. The van der Waals surface area contributed by atoms with Crippen LogP contribution in [0, 0.1) is 46.3 Å². The van der Waals surface area contributed by atoms with Crippen LogP contribution >= 0.6 is 0 Å². The highest BCUT2D eigenvalue weighted by atomic mass is 32.2. The van der Waals surface area contributed by atoms with Gasteiger partial charge in [0.05, 0.1) is 5.75 Å². The van der Waals surface area contributed by atoms with Gasteiger partial charge in [-0.3, -0.25) is 14.7 Å². The Balaban J connectivity index is 1.41. The van der Waals surface area contributed by atoms with Crippen molar-refractivity contribution in [2.75, 3.05) is 12.3 Å². The number of rotatable bonds is 11. The van der Waals surface area contributed by atoms with Gasteiger partial charge in [0.1, 0.15) is 5.78 Å². The number of ketones is 1. The van der Waals surface area contributed by atoms with E-state index in [1.165, 1.54) is 38.5 Å². The molecule has 10 nitrogen and oxygen atoms in total. The second kappa shape index (κ2) is 11.4. The summed E-state index contributed by atoms with van der Waals surface area (Å²) >= 11 is 0. The fourth-order valence-corrected chi connectivity index (χ4v) is 10.3. The fraction of sp³-hybridized carbons (Fsp3) is 0.966. The molecule has 40 heavy (non-hydrogen) atoms. The van der Waals surface area contributed by atoms with Gasteiger partial charge in [0, 0.05) is 18.9 Å². The summed E-state index contributed by atoms with van der Waals surface area (Å²) in [4.78, 5) is 13.6. The average Bonchev–Trinajstić information content (AvgIpc) is 3.12. The van der Waals surface area contributed by atoms with Gasteiger partial charge in [-0.05, 0) is 98.2 Å². The summed E-state index contributed by atoms with van der Waals surface area (Å²) in [6.45, 7) is 6.18. The zero-order chi connectivity index (χ0) is 29.7. The standard InChI is InChI=1S/C29H51NO9S/c1-18(7-6-13-28(34,25(32)33)29(35,36)30-15-16-40(37,38)39)24-23(31)17-22-20-10-9-19-8-4-5-12-26(19,2)21(20)11-14-27(22,24)3/h18-22,24-25,30,32-36H,4-17H2,1-3H3,(H,37,38,39)/t18-,19?,20-,21+,22+,24+,26+,27+,28?/m1/s1. The maximum absolute atomic E-state index is 13.6. The van der Waals surface area contributed by atoms with Gasteiger partial charge in [-0.2, -0.15) is 8.42 Å². The largest absolute Gasteiger partial charge is 0.378 e. The second-order valence-corrected chi connectivity index (χ2v) is 15.7. The first kappa shape index (κ1) is 32.3. The van der Waals surface area contributed by atoms with Crippen LogP contribution < -0.4 is 5.32 Å². The third kappa shape index (κ3) is 5.78. The Morgan fingerprint density at radius 2 is 1.70 bits per heavy atom. The van der Waals surface area contributed by atoms with Crippen LogP contribution in [0.15, 0.2) is 0 Å². The molecule has 0 aromatic carbocycles. The monoisotopic (exact) mass is 589 g/mol. The van der Waals surface area contributed by atoms with Gasteiger partial charge in [0.25, 0.3) is 16.0 Å². The molecule has 0 spiro atoms. The van der Waals surface area contributed by atoms with E-state index in [1.54, 1.807) is 0 Å². The summed E-state index contributed by atoms with van der Waals surface area (Å²) in [5, 5.41) is 53.2. The van der Waals surface area contributed by atoms with E-state index in [1.807, 2.05) is 12.2 Å². The molecule has 0 radical (unpaired) electrons. The highest BCUT2D eigenvalue weighted by molar-refractivity contribution is 7.85. The van der Waals surface area contributed by atoms with Crippen molar-refractivity contribution in [3.8, 4) is 0 Å². The Morgan fingerprint density at radius 1 is 1.00 bits per heavy atom. The predicted octanol–water partition coefficient (Wildman–Crippen LogP) is 2.18. The SMILES string of the molecule is C[C@H](CCCC(O)(C(O)O)C(O)(O)NCCS(=O)(=O)O)[C@H]1C(=O)C[C@H]2[C@@H]3CCC4CCCC[C@]4(C)[C@H]3CC[C@]12C. The van der Waals surface area contributed by atoms with E-state index < -0.39 is 46.6 Å². The molecule has 0 saturated heterocycles. The zero-order valence-electron chi connectivity index (χ0n) is 24.3. The van der Waals surface area contributed by atoms with Gasteiger partial charge in [0.15, 0.2) is 11.9 Å². The highest BCUT2D eigenvalue weighted by Gasteiger charge is 2.62. The van der Waals surface area contributed by atoms with Crippen molar-refractivity contribution >= 4 is 15.9 Å². The maximum Gasteiger partial charge on any atom is 0.266 e. The molecule has 0 aromatic heterocycles. The van der Waals surface area contributed by atoms with E-state index in [0.29, 0.717) is 41.8 Å². The van der Waals surface area contributed by atoms with Crippen LogP contribution in [0.25, 0.3) is 0 Å². The molecule has 2 unspecified atom stereocenters. The van der Waals surface area contributed by atoms with E-state index in [2.05, 4.69) is 13.8 Å². The van der Waals surface area contributed by atoms with Crippen molar-refractivity contribution in [2.45, 2.75) is 116 Å². The van der Waals surface area contributed by atoms with Crippen LogP contribution in [0.4, 0.5) is 0 Å². The number of fused-ring (bicyclic) bond motifs is 5. The lowest BCUT2D eigenvalue weighted by Gasteiger charge is -2.60. The zero-order valence-corrected chi connectivity index (χ0v) is 25.1. The number of Topliss-reactive ketones (excluding diaryl/α,β-unsaturated/α-hetero) is 1. The van der Waals surface area contributed by atoms with Crippen molar-refractivity contribution in [3.05, 3.63) is 0 Å². The molecule has 4 aliphatic rings. The number of hydrogen-bond acceptors (Lipinski definition) is 9. The molecular formula is C29H51NO9S. The van der Waals surface area contributed by atoms with Crippen LogP contribution in [-0.2, 0) is 14.9 Å². The lowest BCUT2D eigenvalue weighted by atomic mass is 9.44. The first-order valence-corrected chi connectivity index (χ1v) is 16.8. The molecule has 4 saturated carbocycles. The summed E-state index contributed by atoms with van der Waals surface area (Å²) in [6, 6.07) is 0. The fourth-order valence-electron chi connectivity index (χ4n) is 9.94. The van der Waals surface area contributed by atoms with E-state index in [0.717, 1.165) is 18.8 Å². The lowest BCUT2D eigenvalue weighted by Crippen LogP contribution is -2.68. The van der Waals surface area contributed by atoms with E-state index >= 15 is 0 Å². The van der Waals surface area contributed by atoms with Crippen LogP contribution in [0.5, 0.6) is 0 Å². The van der Waals surface area contributed by atoms with Crippen molar-refractivity contribution < 1.29 is 43.3 Å². The van der Waals surface area contributed by atoms with Gasteiger partial charge in [-0.1, -0.05) is 33.6 Å². The Morgan fingerprint density at radius 3 is 2.35 bits per heavy atom. The summed E-state index contributed by atoms with van der Waals surface area (Å²) in [7, 11) is -4.41. The number of nitrogens with one attached hydrogen (secondary N) is 1. The highest BCUT2D eigenvalue weighted by Crippen LogP contribution is 2.67. The number of aliphatic hydroxyl groups is 5. The first-order chi connectivity index (χ1) is 18.5. The van der Waals surface area contributed by atoms with E-state index in [-0.39, 0.29) is 23.7 Å². The predicted molar refractivity (Wildman–Crippen MR) is 148 cm³/mol. The van der Waals surface area contributed by atoms with Gasteiger partial charge in [-0.15, -0.1) is 0 Å². The van der Waals surface area contributed by atoms with Crippen LogP contribution in [0.1, 0.15) is 97.8 Å². The Bertz CT molecular complexity index is 1030. The minimum Gasteiger partial charge on any atom is -0.378 e. The quantitative estimate of drug-likeness (QED) is 0.139. The average molecular weight is 590 g/mol. The minimum atomic E-state index is -4.41. The first-order valence-electron chi connectivity index (χ1n) is 15.2.